The van der Waals surface area contributed by atoms with Crippen LogP contribution in [0.4, 0.5) is 0 Å². The van der Waals surface area contributed by atoms with Crippen LogP contribution in [0.25, 0.3) is 0 Å². The number of esters is 1. The second-order valence-electron chi connectivity index (χ2n) is 8.87. The molecule has 0 aliphatic carbocycles. The standard InChI is InChI=1S/C18H38O4Si/c1-10-15(19)14(16(20)22-17(2,3)4)12-11-13-21-23(8,9)18(5,6)7/h14-15,19H,10-13H2,1-9H3/t14-,15+/m0/s1. The number of aliphatic hydroxyl groups is 1. The van der Waals surface area contributed by atoms with Gasteiger partial charge < -0.3 is 14.3 Å². The van der Waals surface area contributed by atoms with E-state index in [0.717, 1.165) is 6.42 Å². The van der Waals surface area contributed by atoms with Crippen molar-refractivity contribution in [2.24, 2.45) is 5.92 Å². The first-order valence-corrected chi connectivity index (χ1v) is 11.7. The normalized spacial score (nSPS) is 16.1. The number of carbonyl (C=O) groups is 1. The molecule has 138 valence electrons. The molecule has 0 aromatic heterocycles. The first kappa shape index (κ1) is 22.6. The molecule has 0 saturated carbocycles. The molecule has 4 nitrogen and oxygen atoms in total. The number of ether oxygens (including phenoxy) is 1. The maximum atomic E-state index is 12.3. The third-order valence-electron chi connectivity index (χ3n) is 4.52. The summed E-state index contributed by atoms with van der Waals surface area (Å²) < 4.78 is 11.6. The van der Waals surface area contributed by atoms with Crippen LogP contribution in [-0.4, -0.2) is 37.7 Å². The van der Waals surface area contributed by atoms with Crippen LogP contribution in [0.3, 0.4) is 0 Å². The highest BCUT2D eigenvalue weighted by molar-refractivity contribution is 6.74. The Balaban J connectivity index is 4.57. The highest BCUT2D eigenvalue weighted by Gasteiger charge is 2.37. The Morgan fingerprint density at radius 3 is 2.04 bits per heavy atom. The Hall–Kier alpha value is -0.393. The van der Waals surface area contributed by atoms with E-state index in [1.165, 1.54) is 0 Å². The summed E-state index contributed by atoms with van der Waals surface area (Å²) in [5.74, 6) is -0.776. The van der Waals surface area contributed by atoms with Gasteiger partial charge in [0.1, 0.15) is 5.60 Å². The predicted molar refractivity (Wildman–Crippen MR) is 98.0 cm³/mol. The lowest BCUT2D eigenvalue weighted by molar-refractivity contribution is -0.164. The number of hydrogen-bond donors (Lipinski definition) is 1. The molecular weight excluding hydrogens is 308 g/mol. The monoisotopic (exact) mass is 346 g/mol. The molecule has 0 aliphatic rings. The van der Waals surface area contributed by atoms with Gasteiger partial charge in [-0.15, -0.1) is 0 Å². The second-order valence-corrected chi connectivity index (χ2v) is 13.7. The van der Waals surface area contributed by atoms with E-state index < -0.39 is 25.9 Å². The van der Waals surface area contributed by atoms with Gasteiger partial charge in [-0.2, -0.15) is 0 Å². The maximum Gasteiger partial charge on any atom is 0.312 e. The Morgan fingerprint density at radius 2 is 1.65 bits per heavy atom. The number of aliphatic hydroxyl groups excluding tert-OH is 1. The Bertz CT molecular complexity index is 366. The summed E-state index contributed by atoms with van der Waals surface area (Å²) in [5, 5.41) is 10.3. The molecule has 0 unspecified atom stereocenters. The van der Waals surface area contributed by atoms with Gasteiger partial charge >= 0.3 is 5.97 Å². The maximum absolute atomic E-state index is 12.3. The van der Waals surface area contributed by atoms with Crippen LogP contribution in [0.5, 0.6) is 0 Å². The Morgan fingerprint density at radius 1 is 1.13 bits per heavy atom. The lowest BCUT2D eigenvalue weighted by atomic mass is 9.95. The van der Waals surface area contributed by atoms with Crippen LogP contribution in [0.15, 0.2) is 0 Å². The first-order valence-electron chi connectivity index (χ1n) is 8.76. The van der Waals surface area contributed by atoms with E-state index in [1.54, 1.807) is 0 Å². The lowest BCUT2D eigenvalue weighted by Gasteiger charge is -2.36. The largest absolute Gasteiger partial charge is 0.460 e. The highest BCUT2D eigenvalue weighted by Crippen LogP contribution is 2.36. The summed E-state index contributed by atoms with van der Waals surface area (Å²) in [5.41, 5.74) is -0.527. The minimum absolute atomic E-state index is 0.181. The van der Waals surface area contributed by atoms with Crippen LogP contribution < -0.4 is 0 Å². The molecular formula is C18H38O4Si. The van der Waals surface area contributed by atoms with Crippen molar-refractivity contribution in [3.63, 3.8) is 0 Å². The second kappa shape index (κ2) is 8.63. The molecule has 0 amide bonds. The molecule has 5 heteroatoms. The van der Waals surface area contributed by atoms with Crippen LogP contribution in [0.2, 0.25) is 18.1 Å². The predicted octanol–water partition coefficient (Wildman–Crippen LogP) is 4.52. The molecule has 0 spiro atoms. The number of carbonyl (C=O) groups excluding carboxylic acids is 1. The molecule has 0 fully saturated rings. The van der Waals surface area contributed by atoms with E-state index in [2.05, 4.69) is 33.9 Å². The van der Waals surface area contributed by atoms with Crippen molar-refractivity contribution in [2.45, 2.75) is 97.6 Å². The minimum atomic E-state index is -1.76. The molecule has 0 aromatic carbocycles. The molecule has 2 atom stereocenters. The van der Waals surface area contributed by atoms with Gasteiger partial charge in [-0.1, -0.05) is 27.7 Å². The van der Waals surface area contributed by atoms with Crippen molar-refractivity contribution < 1.29 is 19.1 Å². The molecule has 0 radical (unpaired) electrons. The van der Waals surface area contributed by atoms with Crippen molar-refractivity contribution in [1.82, 2.24) is 0 Å². The smallest absolute Gasteiger partial charge is 0.312 e. The van der Waals surface area contributed by atoms with Gasteiger partial charge in [0.15, 0.2) is 8.32 Å². The summed E-state index contributed by atoms with van der Waals surface area (Å²) in [6.07, 6.45) is 1.25. The molecule has 1 N–H and O–H groups in total. The summed E-state index contributed by atoms with van der Waals surface area (Å²) in [6.45, 7) is 19.1. The van der Waals surface area contributed by atoms with Crippen molar-refractivity contribution >= 4 is 14.3 Å². The van der Waals surface area contributed by atoms with Gasteiger partial charge in [0.25, 0.3) is 0 Å². The third-order valence-corrected chi connectivity index (χ3v) is 9.06. The Labute approximate surface area is 144 Å². The SMILES string of the molecule is CC[C@@H](O)[C@H](CCCO[Si](C)(C)C(C)(C)C)C(=O)OC(C)(C)C. The van der Waals surface area contributed by atoms with E-state index in [0.29, 0.717) is 19.4 Å². The molecule has 0 aliphatic heterocycles. The zero-order valence-corrected chi connectivity index (χ0v) is 17.7. The van der Waals surface area contributed by atoms with E-state index in [-0.39, 0.29) is 11.0 Å². The van der Waals surface area contributed by atoms with Crippen molar-refractivity contribution in [3.8, 4) is 0 Å². The van der Waals surface area contributed by atoms with E-state index in [1.807, 2.05) is 27.7 Å². The molecule has 0 bridgehead atoms. The van der Waals surface area contributed by atoms with Crippen LogP contribution >= 0.6 is 0 Å². The van der Waals surface area contributed by atoms with Gasteiger partial charge in [0.05, 0.1) is 12.0 Å². The Kier molecular flexibility index (Phi) is 8.48. The summed E-state index contributed by atoms with van der Waals surface area (Å²) in [6, 6.07) is 0. The average molecular weight is 347 g/mol. The van der Waals surface area contributed by atoms with Crippen LogP contribution in [0.1, 0.15) is 67.7 Å². The van der Waals surface area contributed by atoms with Gasteiger partial charge in [0, 0.05) is 6.61 Å². The fourth-order valence-corrected chi connectivity index (χ4v) is 3.06. The lowest BCUT2D eigenvalue weighted by Crippen LogP contribution is -2.41. The number of rotatable bonds is 8. The van der Waals surface area contributed by atoms with Crippen molar-refractivity contribution in [1.29, 1.82) is 0 Å². The van der Waals surface area contributed by atoms with Gasteiger partial charge in [-0.05, 0) is 58.2 Å². The van der Waals surface area contributed by atoms with E-state index in [9.17, 15) is 9.90 Å². The highest BCUT2D eigenvalue weighted by atomic mass is 28.4. The van der Waals surface area contributed by atoms with E-state index >= 15 is 0 Å². The van der Waals surface area contributed by atoms with E-state index in [4.69, 9.17) is 9.16 Å². The number of hydrogen-bond acceptors (Lipinski definition) is 4. The molecule has 0 heterocycles. The summed E-state index contributed by atoms with van der Waals surface area (Å²) in [4.78, 5) is 12.3. The third kappa shape index (κ3) is 8.31. The van der Waals surface area contributed by atoms with Gasteiger partial charge in [0.2, 0.25) is 0 Å². The zero-order chi connectivity index (χ0) is 18.5. The molecule has 0 rings (SSSR count). The van der Waals surface area contributed by atoms with Crippen LogP contribution in [0, 0.1) is 5.92 Å². The van der Waals surface area contributed by atoms with Crippen molar-refractivity contribution in [3.05, 3.63) is 0 Å². The fourth-order valence-electron chi connectivity index (χ4n) is 1.98. The molecule has 0 saturated heterocycles. The average Bonchev–Trinajstić information content (AvgIpc) is 2.34. The first-order chi connectivity index (χ1) is 10.2. The summed E-state index contributed by atoms with van der Waals surface area (Å²) in [7, 11) is -1.76. The van der Waals surface area contributed by atoms with Crippen molar-refractivity contribution in [2.75, 3.05) is 6.61 Å². The quantitative estimate of drug-likeness (QED) is 0.399. The van der Waals surface area contributed by atoms with Gasteiger partial charge in [-0.25, -0.2) is 0 Å². The summed E-state index contributed by atoms with van der Waals surface area (Å²) >= 11 is 0. The molecule has 0 aromatic rings. The topological polar surface area (TPSA) is 55.8 Å². The van der Waals surface area contributed by atoms with Crippen LogP contribution in [-0.2, 0) is 14.0 Å². The minimum Gasteiger partial charge on any atom is -0.460 e. The fraction of sp³-hybridized carbons (Fsp3) is 0.944. The van der Waals surface area contributed by atoms with Gasteiger partial charge in [-0.3, -0.25) is 4.79 Å². The zero-order valence-electron chi connectivity index (χ0n) is 16.7. The molecule has 23 heavy (non-hydrogen) atoms.